The number of sulfonamides is 1. The van der Waals surface area contributed by atoms with Gasteiger partial charge in [-0.2, -0.15) is 0 Å². The van der Waals surface area contributed by atoms with Gasteiger partial charge in [-0.15, -0.1) is 12.4 Å². The van der Waals surface area contributed by atoms with Crippen molar-refractivity contribution in [2.24, 2.45) is 0 Å². The smallest absolute Gasteiger partial charge is 0.274 e. The molecule has 130 valence electrons. The topological polar surface area (TPSA) is 101 Å². The van der Waals surface area contributed by atoms with Crippen molar-refractivity contribution in [2.45, 2.75) is 43.7 Å². The number of benzene rings is 1. The van der Waals surface area contributed by atoms with Crippen molar-refractivity contribution in [3.63, 3.8) is 0 Å². The largest absolute Gasteiger partial charge is 0.314 e. The molecule has 0 aromatic heterocycles. The Balaban J connectivity index is 0.00000264. The molecule has 1 saturated heterocycles. The number of halogens is 2. The molecule has 0 radical (unpaired) electrons. The predicted octanol–water partition coefficient (Wildman–Crippen LogP) is 2.51. The van der Waals surface area contributed by atoms with Crippen molar-refractivity contribution in [3.05, 3.63) is 32.3 Å². The molecule has 0 bridgehead atoms. The molecule has 1 heterocycles. The van der Waals surface area contributed by atoms with E-state index in [1.807, 2.05) is 6.92 Å². The summed E-state index contributed by atoms with van der Waals surface area (Å²) in [5.41, 5.74) is 0.188. The van der Waals surface area contributed by atoms with Crippen molar-refractivity contribution in [3.8, 4) is 0 Å². The first-order valence-corrected chi connectivity index (χ1v) is 9.18. The molecule has 7 nitrogen and oxygen atoms in total. The van der Waals surface area contributed by atoms with Gasteiger partial charge in [-0.3, -0.25) is 10.1 Å². The molecule has 1 aromatic carbocycles. The van der Waals surface area contributed by atoms with Crippen LogP contribution in [0.1, 0.15) is 25.3 Å². The number of rotatable bonds is 4. The van der Waals surface area contributed by atoms with Gasteiger partial charge >= 0.3 is 0 Å². The van der Waals surface area contributed by atoms with Gasteiger partial charge in [-0.1, -0.05) is 15.9 Å². The second kappa shape index (κ2) is 7.89. The number of nitro groups is 1. The Bertz CT molecular complexity index is 699. The lowest BCUT2D eigenvalue weighted by atomic mass is 10.0. The molecule has 2 unspecified atom stereocenters. The Morgan fingerprint density at radius 3 is 2.65 bits per heavy atom. The van der Waals surface area contributed by atoms with E-state index in [1.54, 1.807) is 6.92 Å². The highest BCUT2D eigenvalue weighted by Gasteiger charge is 2.27. The molecule has 0 saturated carbocycles. The van der Waals surface area contributed by atoms with Crippen LogP contribution < -0.4 is 10.0 Å². The molecule has 1 aromatic rings. The van der Waals surface area contributed by atoms with E-state index < -0.39 is 14.9 Å². The summed E-state index contributed by atoms with van der Waals surface area (Å²) in [6.45, 7) is 4.31. The Labute approximate surface area is 150 Å². The molecular weight excluding hydrogens is 410 g/mol. The molecule has 0 amide bonds. The number of hydrogen-bond donors (Lipinski definition) is 2. The maximum Gasteiger partial charge on any atom is 0.274 e. The Kier molecular flexibility index (Phi) is 6.96. The zero-order valence-corrected chi connectivity index (χ0v) is 15.9. The summed E-state index contributed by atoms with van der Waals surface area (Å²) in [5.74, 6) is 0. The van der Waals surface area contributed by atoms with Crippen molar-refractivity contribution < 1.29 is 13.3 Å². The summed E-state index contributed by atoms with van der Waals surface area (Å²) in [6, 6.07) is 2.57. The average Bonchev–Trinajstić information content (AvgIpc) is 2.40. The molecule has 1 aliphatic heterocycles. The predicted molar refractivity (Wildman–Crippen MR) is 93.6 cm³/mol. The fraction of sp³-hybridized carbons (Fsp3) is 0.538. The van der Waals surface area contributed by atoms with Crippen LogP contribution in [0, 0.1) is 17.0 Å². The van der Waals surface area contributed by atoms with E-state index in [0.717, 1.165) is 12.6 Å². The Morgan fingerprint density at radius 1 is 1.43 bits per heavy atom. The number of piperidine rings is 1. The maximum atomic E-state index is 12.5. The fourth-order valence-electron chi connectivity index (χ4n) is 2.51. The molecular formula is C13H19BrClN3O4S. The van der Waals surface area contributed by atoms with Gasteiger partial charge < -0.3 is 5.32 Å². The van der Waals surface area contributed by atoms with Crippen molar-refractivity contribution >= 4 is 44.0 Å². The van der Waals surface area contributed by atoms with Crippen molar-refractivity contribution in [2.75, 3.05) is 6.54 Å². The van der Waals surface area contributed by atoms with Crippen LogP contribution in [-0.4, -0.2) is 32.0 Å². The number of nitrogens with one attached hydrogen (secondary N) is 2. The van der Waals surface area contributed by atoms with Gasteiger partial charge in [0.05, 0.1) is 9.82 Å². The quantitative estimate of drug-likeness (QED) is 0.567. The lowest BCUT2D eigenvalue weighted by Gasteiger charge is -2.28. The third-order valence-electron chi connectivity index (χ3n) is 3.74. The molecule has 0 aliphatic carbocycles. The van der Waals surface area contributed by atoms with Gasteiger partial charge in [0, 0.05) is 28.2 Å². The summed E-state index contributed by atoms with van der Waals surface area (Å²) in [6.07, 6.45) is 1.38. The lowest BCUT2D eigenvalue weighted by Crippen LogP contribution is -2.46. The van der Waals surface area contributed by atoms with Crippen LogP contribution in [0.15, 0.2) is 21.5 Å². The molecule has 1 fully saturated rings. The van der Waals surface area contributed by atoms with Crippen LogP contribution in [-0.2, 0) is 10.0 Å². The van der Waals surface area contributed by atoms with E-state index in [4.69, 9.17) is 0 Å². The van der Waals surface area contributed by atoms with Crippen LogP contribution in [0.25, 0.3) is 0 Å². The highest BCUT2D eigenvalue weighted by atomic mass is 79.9. The maximum absolute atomic E-state index is 12.5. The molecule has 0 spiro atoms. The first kappa shape index (κ1) is 20.3. The number of nitrogens with zero attached hydrogens (tertiary/aromatic N) is 1. The Morgan fingerprint density at radius 2 is 2.09 bits per heavy atom. The fourth-order valence-corrected chi connectivity index (χ4v) is 4.44. The lowest BCUT2D eigenvalue weighted by molar-refractivity contribution is -0.385. The summed E-state index contributed by atoms with van der Waals surface area (Å²) in [7, 11) is -3.79. The van der Waals surface area contributed by atoms with Gasteiger partial charge in [0.1, 0.15) is 0 Å². The third kappa shape index (κ3) is 4.87. The third-order valence-corrected chi connectivity index (χ3v) is 6.07. The van der Waals surface area contributed by atoms with E-state index >= 15 is 0 Å². The molecule has 2 rings (SSSR count). The van der Waals surface area contributed by atoms with Crippen molar-refractivity contribution in [1.29, 1.82) is 0 Å². The van der Waals surface area contributed by atoms with E-state index in [0.29, 0.717) is 22.9 Å². The summed E-state index contributed by atoms with van der Waals surface area (Å²) < 4.78 is 28.0. The second-order valence-corrected chi connectivity index (χ2v) is 8.07. The van der Waals surface area contributed by atoms with Gasteiger partial charge in [-0.25, -0.2) is 13.1 Å². The van der Waals surface area contributed by atoms with Crippen LogP contribution >= 0.6 is 28.3 Å². The molecule has 1 aliphatic rings. The van der Waals surface area contributed by atoms with Crippen molar-refractivity contribution in [1.82, 2.24) is 10.0 Å². The van der Waals surface area contributed by atoms with E-state index in [-0.39, 0.29) is 35.1 Å². The van der Waals surface area contributed by atoms with Gasteiger partial charge in [0.15, 0.2) is 0 Å². The van der Waals surface area contributed by atoms with Crippen LogP contribution in [0.4, 0.5) is 5.69 Å². The average molecular weight is 429 g/mol. The molecule has 23 heavy (non-hydrogen) atoms. The van der Waals surface area contributed by atoms with Crippen LogP contribution in [0.2, 0.25) is 0 Å². The van der Waals surface area contributed by atoms with E-state index in [2.05, 4.69) is 26.0 Å². The SMILES string of the molecule is Cc1c(Br)cc(S(=O)(=O)NC2CCNC(C)C2)cc1[N+](=O)[O-].Cl. The monoisotopic (exact) mass is 427 g/mol. The first-order chi connectivity index (χ1) is 10.2. The summed E-state index contributed by atoms with van der Waals surface area (Å²) >= 11 is 3.19. The zero-order chi connectivity index (χ0) is 16.5. The minimum atomic E-state index is -3.79. The number of hydrogen-bond acceptors (Lipinski definition) is 5. The minimum absolute atomic E-state index is 0. The van der Waals surface area contributed by atoms with Crippen LogP contribution in [0.5, 0.6) is 0 Å². The summed E-state index contributed by atoms with van der Waals surface area (Å²) in [5, 5.41) is 14.3. The molecule has 2 atom stereocenters. The highest BCUT2D eigenvalue weighted by molar-refractivity contribution is 9.10. The highest BCUT2D eigenvalue weighted by Crippen LogP contribution is 2.30. The Hall–Kier alpha value is -0.740. The van der Waals surface area contributed by atoms with Crippen LogP contribution in [0.3, 0.4) is 0 Å². The molecule has 2 N–H and O–H groups in total. The zero-order valence-electron chi connectivity index (χ0n) is 12.7. The standard InChI is InChI=1S/C13H18BrN3O4S.ClH/c1-8-5-10(3-4-15-8)16-22(20,21)11-6-12(14)9(2)13(7-11)17(18)19;/h6-8,10,15-16H,3-5H2,1-2H3;1H. The van der Waals surface area contributed by atoms with E-state index in [9.17, 15) is 18.5 Å². The van der Waals surface area contributed by atoms with Gasteiger partial charge in [-0.05, 0) is 39.3 Å². The number of nitro benzene ring substituents is 1. The van der Waals surface area contributed by atoms with E-state index in [1.165, 1.54) is 6.07 Å². The minimum Gasteiger partial charge on any atom is -0.314 e. The van der Waals surface area contributed by atoms with Gasteiger partial charge in [0.25, 0.3) is 5.69 Å². The summed E-state index contributed by atoms with van der Waals surface area (Å²) in [4.78, 5) is 10.4. The normalized spacial score (nSPS) is 21.5. The molecule has 10 heteroatoms. The second-order valence-electron chi connectivity index (χ2n) is 5.50. The van der Waals surface area contributed by atoms with Gasteiger partial charge in [0.2, 0.25) is 10.0 Å². The first-order valence-electron chi connectivity index (χ1n) is 6.91.